The minimum Gasteiger partial charge on any atom is -0.406 e. The second-order valence-corrected chi connectivity index (χ2v) is 9.31. The van der Waals surface area contributed by atoms with Crippen molar-refractivity contribution in [3.8, 4) is 5.75 Å². The third kappa shape index (κ3) is 4.81. The summed E-state index contributed by atoms with van der Waals surface area (Å²) in [5.74, 6) is -0.998. The van der Waals surface area contributed by atoms with Crippen LogP contribution in [0.2, 0.25) is 0 Å². The zero-order valence-electron chi connectivity index (χ0n) is 14.0. The van der Waals surface area contributed by atoms with Crippen LogP contribution in [0.4, 0.5) is 13.2 Å². The number of ether oxygens (including phenoxy) is 1. The van der Waals surface area contributed by atoms with Gasteiger partial charge in [0.05, 0.1) is 11.0 Å². The van der Waals surface area contributed by atoms with Gasteiger partial charge in [-0.1, -0.05) is 6.07 Å². The van der Waals surface area contributed by atoms with E-state index in [1.807, 2.05) is 5.38 Å². The lowest BCUT2D eigenvalue weighted by Crippen LogP contribution is -2.33. The summed E-state index contributed by atoms with van der Waals surface area (Å²) in [6.45, 7) is 0.297. The Labute approximate surface area is 158 Å². The molecule has 0 N–H and O–H groups in total. The molecular formula is C17H16F3NO4S2. The van der Waals surface area contributed by atoms with Crippen molar-refractivity contribution in [2.75, 3.05) is 18.8 Å². The van der Waals surface area contributed by atoms with E-state index in [-0.39, 0.29) is 30.8 Å². The number of hydrogen-bond donors (Lipinski definition) is 0. The molecular weight excluding hydrogens is 403 g/mol. The number of halogens is 3. The van der Waals surface area contributed by atoms with Crippen molar-refractivity contribution < 1.29 is 31.1 Å². The molecule has 10 heteroatoms. The number of thiophene rings is 1. The maximum Gasteiger partial charge on any atom is 0.573 e. The predicted octanol–water partition coefficient (Wildman–Crippen LogP) is 3.65. The summed E-state index contributed by atoms with van der Waals surface area (Å²) >= 11 is 1.36. The molecule has 0 saturated carbocycles. The van der Waals surface area contributed by atoms with Crippen molar-refractivity contribution >= 4 is 27.1 Å². The quantitative estimate of drug-likeness (QED) is 0.762. The maximum absolute atomic E-state index is 12.6. The highest BCUT2D eigenvalue weighted by atomic mass is 32.2. The van der Waals surface area contributed by atoms with Gasteiger partial charge in [0.15, 0.2) is 9.84 Å². The smallest absolute Gasteiger partial charge is 0.406 e. The second-order valence-electron chi connectivity index (χ2n) is 6.02. The topological polar surface area (TPSA) is 63.7 Å². The molecule has 1 unspecified atom stereocenters. The van der Waals surface area contributed by atoms with Gasteiger partial charge in [-0.3, -0.25) is 4.79 Å². The lowest BCUT2D eigenvalue weighted by Gasteiger charge is -2.20. The van der Waals surface area contributed by atoms with Gasteiger partial charge in [-0.2, -0.15) is 0 Å². The molecule has 0 spiro atoms. The summed E-state index contributed by atoms with van der Waals surface area (Å²) in [4.78, 5) is 14.8. The Hall–Kier alpha value is -2.07. The van der Waals surface area contributed by atoms with Crippen molar-refractivity contribution in [3.63, 3.8) is 0 Å². The molecule has 1 aromatic heterocycles. The van der Waals surface area contributed by atoms with Crippen LogP contribution >= 0.6 is 11.3 Å². The molecule has 1 fully saturated rings. The van der Waals surface area contributed by atoms with Crippen LogP contribution in [0, 0.1) is 0 Å². The fourth-order valence-electron chi connectivity index (χ4n) is 2.92. The summed E-state index contributed by atoms with van der Waals surface area (Å²) in [5, 5.41) is 1.17. The molecule has 1 aliphatic rings. The van der Waals surface area contributed by atoms with Crippen LogP contribution in [0.1, 0.15) is 26.9 Å². The van der Waals surface area contributed by atoms with Gasteiger partial charge in [-0.15, -0.1) is 24.5 Å². The van der Waals surface area contributed by atoms with E-state index in [1.54, 1.807) is 12.1 Å². The predicted molar refractivity (Wildman–Crippen MR) is 94.5 cm³/mol. The largest absolute Gasteiger partial charge is 0.573 e. The molecule has 1 saturated heterocycles. The molecule has 1 aliphatic heterocycles. The molecule has 2 aromatic rings. The van der Waals surface area contributed by atoms with Crippen molar-refractivity contribution in [3.05, 3.63) is 52.2 Å². The molecule has 146 valence electrons. The third-order valence-electron chi connectivity index (χ3n) is 4.22. The van der Waals surface area contributed by atoms with Gasteiger partial charge in [-0.25, -0.2) is 8.42 Å². The SMILES string of the molecule is O=C(c1ccc(OC(F)(F)F)cc1)N1CCC(c2cccs2)S(=O)(=O)CC1. The highest BCUT2D eigenvalue weighted by Gasteiger charge is 2.34. The second kappa shape index (κ2) is 7.51. The number of carbonyl (C=O) groups is 1. The average molecular weight is 419 g/mol. The lowest BCUT2D eigenvalue weighted by atomic mass is 10.1. The first-order valence-corrected chi connectivity index (χ1v) is 10.7. The zero-order valence-corrected chi connectivity index (χ0v) is 15.6. The van der Waals surface area contributed by atoms with Gasteiger partial charge < -0.3 is 9.64 Å². The number of hydrogen-bond acceptors (Lipinski definition) is 5. The van der Waals surface area contributed by atoms with Crippen LogP contribution < -0.4 is 4.74 Å². The van der Waals surface area contributed by atoms with Crippen LogP contribution in [0.25, 0.3) is 0 Å². The van der Waals surface area contributed by atoms with E-state index in [0.29, 0.717) is 0 Å². The first-order valence-electron chi connectivity index (χ1n) is 8.06. The fraction of sp³-hybridized carbons (Fsp3) is 0.353. The number of nitrogens with zero attached hydrogens (tertiary/aromatic N) is 1. The van der Waals surface area contributed by atoms with Gasteiger partial charge in [0.2, 0.25) is 0 Å². The van der Waals surface area contributed by atoms with Crippen LogP contribution in [-0.4, -0.2) is 44.4 Å². The lowest BCUT2D eigenvalue weighted by molar-refractivity contribution is -0.274. The van der Waals surface area contributed by atoms with Crippen LogP contribution in [0.3, 0.4) is 0 Å². The van der Waals surface area contributed by atoms with Crippen molar-refractivity contribution in [1.82, 2.24) is 4.90 Å². The Bertz CT molecular complexity index is 893. The molecule has 0 bridgehead atoms. The first-order chi connectivity index (χ1) is 12.7. The van der Waals surface area contributed by atoms with Crippen LogP contribution in [0.5, 0.6) is 5.75 Å². The Morgan fingerprint density at radius 2 is 1.85 bits per heavy atom. The Balaban J connectivity index is 1.72. The minimum absolute atomic E-state index is 0.0455. The maximum atomic E-state index is 12.6. The van der Waals surface area contributed by atoms with E-state index in [9.17, 15) is 26.4 Å². The Morgan fingerprint density at radius 1 is 1.15 bits per heavy atom. The highest BCUT2D eigenvalue weighted by Crippen LogP contribution is 2.32. The number of rotatable bonds is 3. The normalized spacial score (nSPS) is 20.1. The standard InChI is InChI=1S/C17H16F3NO4S2/c18-17(19,20)25-13-5-3-12(4-6-13)16(22)21-8-7-15(14-2-1-10-26-14)27(23,24)11-9-21/h1-6,10,15H,7-9,11H2. The number of amides is 1. The molecule has 0 aliphatic carbocycles. The Morgan fingerprint density at radius 3 is 2.44 bits per heavy atom. The molecule has 2 heterocycles. The molecule has 1 amide bonds. The van der Waals surface area contributed by atoms with E-state index in [4.69, 9.17) is 0 Å². The van der Waals surface area contributed by atoms with Crippen LogP contribution in [0.15, 0.2) is 41.8 Å². The van der Waals surface area contributed by atoms with Crippen LogP contribution in [-0.2, 0) is 9.84 Å². The highest BCUT2D eigenvalue weighted by molar-refractivity contribution is 7.91. The summed E-state index contributed by atoms with van der Waals surface area (Å²) < 4.78 is 65.5. The molecule has 0 radical (unpaired) electrons. The summed E-state index contributed by atoms with van der Waals surface area (Å²) in [6.07, 6.45) is -4.52. The van der Waals surface area contributed by atoms with Gasteiger partial charge >= 0.3 is 6.36 Å². The van der Waals surface area contributed by atoms with E-state index in [2.05, 4.69) is 4.74 Å². The summed E-state index contributed by atoms with van der Waals surface area (Å²) in [5.41, 5.74) is 0.177. The number of alkyl halides is 3. The zero-order chi connectivity index (χ0) is 19.7. The van der Waals surface area contributed by atoms with Crippen molar-refractivity contribution in [1.29, 1.82) is 0 Å². The van der Waals surface area contributed by atoms with Crippen molar-refractivity contribution in [2.24, 2.45) is 0 Å². The van der Waals surface area contributed by atoms with Gasteiger partial charge in [0.25, 0.3) is 5.91 Å². The molecule has 27 heavy (non-hydrogen) atoms. The summed E-state index contributed by atoms with van der Waals surface area (Å²) in [6, 6.07) is 8.14. The molecule has 1 aromatic carbocycles. The fourth-order valence-corrected chi connectivity index (χ4v) is 5.93. The minimum atomic E-state index is -4.80. The third-order valence-corrected chi connectivity index (χ3v) is 7.47. The molecule has 3 rings (SSSR count). The molecule has 1 atom stereocenters. The van der Waals surface area contributed by atoms with Gasteiger partial charge in [-0.05, 0) is 42.1 Å². The Kier molecular flexibility index (Phi) is 5.48. The monoisotopic (exact) mass is 419 g/mol. The molecule has 5 nitrogen and oxygen atoms in total. The first kappa shape index (κ1) is 19.7. The van der Waals surface area contributed by atoms with Gasteiger partial charge in [0, 0.05) is 23.5 Å². The number of sulfone groups is 1. The number of carbonyl (C=O) groups excluding carboxylic acids is 1. The van der Waals surface area contributed by atoms with E-state index in [1.165, 1.54) is 28.4 Å². The van der Waals surface area contributed by atoms with Gasteiger partial charge in [0.1, 0.15) is 5.75 Å². The van der Waals surface area contributed by atoms with E-state index in [0.717, 1.165) is 17.0 Å². The van der Waals surface area contributed by atoms with E-state index >= 15 is 0 Å². The summed E-state index contributed by atoms with van der Waals surface area (Å²) in [7, 11) is -3.39. The van der Waals surface area contributed by atoms with E-state index < -0.39 is 33.1 Å². The van der Waals surface area contributed by atoms with Crippen molar-refractivity contribution in [2.45, 2.75) is 18.0 Å². The average Bonchev–Trinajstić information content (AvgIpc) is 3.05. The number of benzene rings is 1.